The minimum absolute atomic E-state index is 0.160. The number of esters is 1. The predicted molar refractivity (Wildman–Crippen MR) is 113 cm³/mol. The molecule has 2 heterocycles. The molecule has 0 aromatic heterocycles. The fourth-order valence-electron chi connectivity index (χ4n) is 3.93. The molecule has 8 nitrogen and oxygen atoms in total. The third-order valence-electron chi connectivity index (χ3n) is 5.45. The van der Waals surface area contributed by atoms with Gasteiger partial charge in [0.15, 0.2) is 29.6 Å². The molecule has 1 saturated carbocycles. The van der Waals surface area contributed by atoms with E-state index in [0.29, 0.717) is 34.2 Å². The predicted octanol–water partition coefficient (Wildman–Crippen LogP) is 3.38. The summed E-state index contributed by atoms with van der Waals surface area (Å²) < 4.78 is 27.5. The van der Waals surface area contributed by atoms with E-state index in [0.717, 1.165) is 25.7 Å². The second-order valence-corrected chi connectivity index (χ2v) is 7.78. The van der Waals surface area contributed by atoms with E-state index in [1.54, 1.807) is 36.4 Å². The number of carbonyl (C=O) groups excluding carboxylic acids is 2. The first-order valence-electron chi connectivity index (χ1n) is 10.5. The summed E-state index contributed by atoms with van der Waals surface area (Å²) in [7, 11) is 0. The third-order valence-corrected chi connectivity index (χ3v) is 5.45. The van der Waals surface area contributed by atoms with Crippen molar-refractivity contribution in [3.63, 3.8) is 0 Å². The molecule has 2 aromatic rings. The highest BCUT2D eigenvalue weighted by Gasteiger charge is 2.42. The van der Waals surface area contributed by atoms with Gasteiger partial charge in [-0.2, -0.15) is 0 Å². The normalized spacial score (nSPS) is 16.8. The molecule has 32 heavy (non-hydrogen) atoms. The first-order valence-corrected chi connectivity index (χ1v) is 10.5. The first kappa shape index (κ1) is 20.1. The van der Waals surface area contributed by atoms with E-state index in [4.69, 9.17) is 23.7 Å². The van der Waals surface area contributed by atoms with E-state index in [9.17, 15) is 9.59 Å². The number of fused-ring (bicyclic) bond motifs is 2. The Kier molecular flexibility index (Phi) is 5.23. The lowest BCUT2D eigenvalue weighted by atomic mass is 9.94. The molecule has 1 aliphatic carbocycles. The highest BCUT2D eigenvalue weighted by atomic mass is 16.7. The second kappa shape index (κ2) is 8.35. The van der Waals surface area contributed by atoms with Crippen LogP contribution >= 0.6 is 0 Å². The van der Waals surface area contributed by atoms with Crippen LogP contribution in [0, 0.1) is 11.8 Å². The van der Waals surface area contributed by atoms with Crippen molar-refractivity contribution >= 4 is 17.6 Å². The van der Waals surface area contributed by atoms with Crippen LogP contribution in [-0.4, -0.2) is 31.1 Å². The number of amides is 1. The van der Waals surface area contributed by atoms with E-state index in [1.165, 1.54) is 6.42 Å². The fourth-order valence-corrected chi connectivity index (χ4v) is 3.93. The average Bonchev–Trinajstić information content (AvgIpc) is 3.40. The summed E-state index contributed by atoms with van der Waals surface area (Å²) in [5, 5.41) is 2.69. The van der Waals surface area contributed by atoms with Gasteiger partial charge < -0.3 is 29.0 Å². The van der Waals surface area contributed by atoms with Crippen LogP contribution in [0.1, 0.15) is 37.7 Å². The lowest BCUT2D eigenvalue weighted by Gasteiger charge is -2.31. The number of benzene rings is 2. The van der Waals surface area contributed by atoms with Crippen LogP contribution in [-0.2, 0) is 14.3 Å². The Morgan fingerprint density at radius 3 is 2.59 bits per heavy atom. The molecule has 164 valence electrons. The Bertz CT molecular complexity index is 1120. The van der Waals surface area contributed by atoms with Crippen LogP contribution in [0.15, 0.2) is 36.4 Å². The summed E-state index contributed by atoms with van der Waals surface area (Å²) in [6.45, 7) is -0.291. The summed E-state index contributed by atoms with van der Waals surface area (Å²) in [6.07, 6.45) is 5.03. The molecule has 5 rings (SSSR count). The number of ether oxygens (including phenoxy) is 5. The van der Waals surface area contributed by atoms with Crippen molar-refractivity contribution in [2.75, 3.05) is 18.7 Å². The standard InChI is InChI=1S/C24H21NO7/c26-22(14-28-23(27)9-5-16-4-7-18-20(12-16)30-15-29-18)25-17-6-8-19-21(13-17)32-24(31-19)10-2-1-3-11-24/h4,6-8,12-13H,1-3,10-11,14-15H2,(H,25,26). The van der Waals surface area contributed by atoms with Crippen LogP contribution in [0.25, 0.3) is 0 Å². The van der Waals surface area contributed by atoms with Gasteiger partial charge in [0.2, 0.25) is 6.79 Å². The smallest absolute Gasteiger partial charge is 0.385 e. The van der Waals surface area contributed by atoms with Gasteiger partial charge in [0.25, 0.3) is 11.7 Å². The molecular formula is C24H21NO7. The van der Waals surface area contributed by atoms with Crippen LogP contribution in [0.3, 0.4) is 0 Å². The number of rotatable bonds is 3. The van der Waals surface area contributed by atoms with Crippen LogP contribution in [0.2, 0.25) is 0 Å². The molecule has 1 fully saturated rings. The molecule has 0 unspecified atom stereocenters. The minimum atomic E-state index is -0.803. The lowest BCUT2D eigenvalue weighted by Crippen LogP contribution is -2.40. The maximum atomic E-state index is 12.2. The molecule has 1 spiro atoms. The molecule has 2 aliphatic heterocycles. The average molecular weight is 435 g/mol. The van der Waals surface area contributed by atoms with Gasteiger partial charge in [-0.15, -0.1) is 0 Å². The number of nitrogens with one attached hydrogen (secondary N) is 1. The van der Waals surface area contributed by atoms with E-state index in [2.05, 4.69) is 17.2 Å². The number of carbonyl (C=O) groups is 2. The van der Waals surface area contributed by atoms with Gasteiger partial charge in [-0.1, -0.05) is 12.3 Å². The molecule has 1 N–H and O–H groups in total. The maximum Gasteiger partial charge on any atom is 0.385 e. The van der Waals surface area contributed by atoms with Crippen molar-refractivity contribution < 1.29 is 33.3 Å². The van der Waals surface area contributed by atoms with Gasteiger partial charge in [0.05, 0.1) is 0 Å². The zero-order valence-electron chi connectivity index (χ0n) is 17.3. The van der Waals surface area contributed by atoms with Crippen molar-refractivity contribution in [1.29, 1.82) is 0 Å². The minimum Gasteiger partial charge on any atom is -0.454 e. The Hall–Kier alpha value is -3.86. The van der Waals surface area contributed by atoms with Crippen LogP contribution < -0.4 is 24.3 Å². The van der Waals surface area contributed by atoms with Crippen molar-refractivity contribution in [2.45, 2.75) is 37.9 Å². The van der Waals surface area contributed by atoms with Gasteiger partial charge in [-0.05, 0) is 43.2 Å². The Labute approximate surface area is 184 Å². The van der Waals surface area contributed by atoms with Crippen molar-refractivity contribution in [3.8, 4) is 34.8 Å². The third kappa shape index (κ3) is 4.28. The highest BCUT2D eigenvalue weighted by Crippen LogP contribution is 2.46. The molecular weight excluding hydrogens is 414 g/mol. The topological polar surface area (TPSA) is 92.3 Å². The molecule has 0 saturated heterocycles. The summed E-state index contributed by atoms with van der Waals surface area (Å²) >= 11 is 0. The summed E-state index contributed by atoms with van der Waals surface area (Å²) in [5.41, 5.74) is 1.11. The van der Waals surface area contributed by atoms with Crippen molar-refractivity contribution in [1.82, 2.24) is 0 Å². The van der Waals surface area contributed by atoms with Crippen molar-refractivity contribution in [3.05, 3.63) is 42.0 Å². The van der Waals surface area contributed by atoms with Crippen LogP contribution in [0.4, 0.5) is 5.69 Å². The monoisotopic (exact) mass is 435 g/mol. The molecule has 0 atom stereocenters. The second-order valence-electron chi connectivity index (χ2n) is 7.78. The van der Waals surface area contributed by atoms with Gasteiger partial charge >= 0.3 is 5.97 Å². The quantitative estimate of drug-likeness (QED) is 0.584. The Morgan fingerprint density at radius 2 is 1.72 bits per heavy atom. The summed E-state index contributed by atoms with van der Waals surface area (Å²) in [5.74, 6) is 5.67. The van der Waals surface area contributed by atoms with Gasteiger partial charge in [0.1, 0.15) is 0 Å². The van der Waals surface area contributed by atoms with Gasteiger partial charge in [-0.25, -0.2) is 4.79 Å². The fraction of sp³-hybridized carbons (Fsp3) is 0.333. The van der Waals surface area contributed by atoms with Gasteiger partial charge in [-0.3, -0.25) is 4.79 Å². The molecule has 0 bridgehead atoms. The first-order chi connectivity index (χ1) is 15.6. The summed E-state index contributed by atoms with van der Waals surface area (Å²) in [4.78, 5) is 24.0. The SMILES string of the molecule is O=C(COC(=O)C#Cc1ccc2c(c1)OCO2)Nc1ccc2c(c1)OC1(CCCCC1)O2. The molecule has 0 radical (unpaired) electrons. The van der Waals surface area contributed by atoms with Crippen molar-refractivity contribution in [2.24, 2.45) is 0 Å². The van der Waals surface area contributed by atoms with E-state index in [1.807, 2.05) is 0 Å². The largest absolute Gasteiger partial charge is 0.454 e. The van der Waals surface area contributed by atoms with Crippen LogP contribution in [0.5, 0.6) is 23.0 Å². The van der Waals surface area contributed by atoms with E-state index < -0.39 is 24.3 Å². The molecule has 3 aliphatic rings. The van der Waals surface area contributed by atoms with Gasteiger partial charge in [0, 0.05) is 36.1 Å². The molecule has 8 heteroatoms. The number of anilines is 1. The number of hydrogen-bond acceptors (Lipinski definition) is 7. The van der Waals surface area contributed by atoms with E-state index in [-0.39, 0.29) is 6.79 Å². The zero-order valence-corrected chi connectivity index (χ0v) is 17.3. The summed E-state index contributed by atoms with van der Waals surface area (Å²) in [6, 6.07) is 10.3. The Balaban J connectivity index is 1.13. The molecule has 2 aromatic carbocycles. The molecule has 1 amide bonds. The Morgan fingerprint density at radius 1 is 0.938 bits per heavy atom. The zero-order chi connectivity index (χ0) is 22.0. The van der Waals surface area contributed by atoms with E-state index >= 15 is 0 Å². The number of hydrogen-bond donors (Lipinski definition) is 1. The highest BCUT2D eigenvalue weighted by molar-refractivity contribution is 5.95. The maximum absolute atomic E-state index is 12.2. The lowest BCUT2D eigenvalue weighted by molar-refractivity contribution is -0.141.